The van der Waals surface area contributed by atoms with E-state index in [2.05, 4.69) is 21.2 Å². The van der Waals surface area contributed by atoms with E-state index in [4.69, 9.17) is 0 Å². The Kier molecular flexibility index (Phi) is 5.46. The Hall–Kier alpha value is -0.120. The molecule has 0 heterocycles. The van der Waals surface area contributed by atoms with Gasteiger partial charge in [-0.05, 0) is 24.7 Å². The molecular formula is C8H10BrClFN. The van der Waals surface area contributed by atoms with Crippen LogP contribution in [0.1, 0.15) is 5.56 Å². The van der Waals surface area contributed by atoms with Crippen molar-refractivity contribution in [3.05, 3.63) is 34.1 Å². The molecule has 1 aromatic rings. The van der Waals surface area contributed by atoms with Crippen LogP contribution in [0.3, 0.4) is 0 Å². The first-order valence-electron chi connectivity index (χ1n) is 3.32. The van der Waals surface area contributed by atoms with Crippen LogP contribution in [0.4, 0.5) is 4.39 Å². The second kappa shape index (κ2) is 5.51. The summed E-state index contributed by atoms with van der Waals surface area (Å²) in [5, 5.41) is 2.99. The van der Waals surface area contributed by atoms with Gasteiger partial charge in [0.2, 0.25) is 0 Å². The highest BCUT2D eigenvalue weighted by molar-refractivity contribution is 9.10. The minimum Gasteiger partial charge on any atom is -0.316 e. The molecule has 4 heteroatoms. The summed E-state index contributed by atoms with van der Waals surface area (Å²) < 4.78 is 13.3. The van der Waals surface area contributed by atoms with Crippen LogP contribution < -0.4 is 5.32 Å². The van der Waals surface area contributed by atoms with Crippen LogP contribution in [0.25, 0.3) is 0 Å². The van der Waals surface area contributed by atoms with Gasteiger partial charge in [-0.25, -0.2) is 4.39 Å². The molecule has 0 spiro atoms. The monoisotopic (exact) mass is 253 g/mol. The van der Waals surface area contributed by atoms with Gasteiger partial charge in [0, 0.05) is 11.0 Å². The molecule has 12 heavy (non-hydrogen) atoms. The number of hydrogen-bond acceptors (Lipinski definition) is 1. The van der Waals surface area contributed by atoms with Gasteiger partial charge < -0.3 is 5.32 Å². The fraction of sp³-hybridized carbons (Fsp3) is 0.250. The van der Waals surface area contributed by atoms with Gasteiger partial charge >= 0.3 is 0 Å². The number of hydrogen-bond donors (Lipinski definition) is 1. The third-order valence-electron chi connectivity index (χ3n) is 1.38. The summed E-state index contributed by atoms with van der Waals surface area (Å²) in [6.07, 6.45) is 0. The topological polar surface area (TPSA) is 12.0 Å². The molecule has 0 unspecified atom stereocenters. The fourth-order valence-electron chi connectivity index (χ4n) is 0.855. The Balaban J connectivity index is 0.00000121. The van der Waals surface area contributed by atoms with Crippen molar-refractivity contribution in [1.82, 2.24) is 5.32 Å². The molecule has 0 bridgehead atoms. The van der Waals surface area contributed by atoms with Crippen molar-refractivity contribution in [1.29, 1.82) is 0 Å². The van der Waals surface area contributed by atoms with Gasteiger partial charge in [0.1, 0.15) is 5.82 Å². The molecule has 0 saturated carbocycles. The molecule has 1 rings (SSSR count). The Morgan fingerprint density at radius 1 is 1.50 bits per heavy atom. The standard InChI is InChI=1S/C8H9BrFN.ClH/c1-11-5-6-2-3-7(10)4-8(6)9;/h2-4,11H,5H2,1H3;1H. The third-order valence-corrected chi connectivity index (χ3v) is 2.12. The summed E-state index contributed by atoms with van der Waals surface area (Å²) in [7, 11) is 1.86. The van der Waals surface area contributed by atoms with E-state index in [1.54, 1.807) is 6.07 Å². The number of halogens is 3. The van der Waals surface area contributed by atoms with Gasteiger partial charge in [-0.2, -0.15) is 0 Å². The minimum atomic E-state index is -0.211. The van der Waals surface area contributed by atoms with Crippen molar-refractivity contribution in [2.75, 3.05) is 7.05 Å². The molecule has 0 amide bonds. The van der Waals surface area contributed by atoms with Crippen LogP contribution in [0, 0.1) is 5.82 Å². The van der Waals surface area contributed by atoms with Gasteiger partial charge in [0.15, 0.2) is 0 Å². The SMILES string of the molecule is CNCc1ccc(F)cc1Br.Cl. The number of rotatable bonds is 2. The Bertz CT molecular complexity index is 255. The predicted octanol–water partition coefficient (Wildman–Crippen LogP) is 2.73. The molecule has 0 aliphatic rings. The Morgan fingerprint density at radius 3 is 2.67 bits per heavy atom. The summed E-state index contributed by atoms with van der Waals surface area (Å²) in [6.45, 7) is 0.751. The van der Waals surface area contributed by atoms with E-state index < -0.39 is 0 Å². The Labute approximate surface area is 85.9 Å². The van der Waals surface area contributed by atoms with Crippen LogP contribution in [0.5, 0.6) is 0 Å². The van der Waals surface area contributed by atoms with E-state index in [-0.39, 0.29) is 18.2 Å². The zero-order valence-electron chi connectivity index (χ0n) is 6.60. The van der Waals surface area contributed by atoms with Crippen molar-refractivity contribution >= 4 is 28.3 Å². The van der Waals surface area contributed by atoms with Crippen LogP contribution >= 0.6 is 28.3 Å². The summed E-state index contributed by atoms with van der Waals surface area (Å²) in [5.74, 6) is -0.211. The number of nitrogens with one attached hydrogen (secondary N) is 1. The molecule has 0 aromatic heterocycles. The van der Waals surface area contributed by atoms with Crippen LogP contribution in [0.2, 0.25) is 0 Å². The molecule has 1 nitrogen and oxygen atoms in total. The summed E-state index contributed by atoms with van der Waals surface area (Å²) in [5.41, 5.74) is 1.06. The van der Waals surface area contributed by atoms with Crippen molar-refractivity contribution < 1.29 is 4.39 Å². The molecule has 0 aliphatic carbocycles. The average molecular weight is 255 g/mol. The molecule has 1 N–H and O–H groups in total. The van der Waals surface area contributed by atoms with E-state index >= 15 is 0 Å². The van der Waals surface area contributed by atoms with Crippen LogP contribution in [-0.4, -0.2) is 7.05 Å². The first-order valence-corrected chi connectivity index (χ1v) is 4.12. The normalized spacial score (nSPS) is 9.25. The molecular weight excluding hydrogens is 244 g/mol. The van der Waals surface area contributed by atoms with E-state index in [0.29, 0.717) is 0 Å². The zero-order chi connectivity index (χ0) is 8.27. The number of benzene rings is 1. The molecule has 1 aromatic carbocycles. The summed E-state index contributed by atoms with van der Waals surface area (Å²) in [6, 6.07) is 4.68. The maximum absolute atomic E-state index is 12.5. The van der Waals surface area contributed by atoms with Crippen molar-refractivity contribution in [3.8, 4) is 0 Å². The van der Waals surface area contributed by atoms with Crippen LogP contribution in [-0.2, 0) is 6.54 Å². The lowest BCUT2D eigenvalue weighted by Crippen LogP contribution is -2.05. The molecule has 0 aliphatic heterocycles. The lowest BCUT2D eigenvalue weighted by atomic mass is 10.2. The van der Waals surface area contributed by atoms with Gasteiger partial charge in [-0.1, -0.05) is 22.0 Å². The fourth-order valence-corrected chi connectivity index (χ4v) is 1.35. The van der Waals surface area contributed by atoms with E-state index in [9.17, 15) is 4.39 Å². The molecule has 68 valence electrons. The maximum Gasteiger partial charge on any atom is 0.124 e. The van der Waals surface area contributed by atoms with Crippen molar-refractivity contribution in [3.63, 3.8) is 0 Å². The highest BCUT2D eigenvalue weighted by Gasteiger charge is 1.98. The minimum absolute atomic E-state index is 0. The van der Waals surface area contributed by atoms with Gasteiger partial charge in [0.05, 0.1) is 0 Å². The van der Waals surface area contributed by atoms with E-state index in [0.717, 1.165) is 16.6 Å². The maximum atomic E-state index is 12.5. The summed E-state index contributed by atoms with van der Waals surface area (Å²) >= 11 is 3.27. The van der Waals surface area contributed by atoms with E-state index in [1.165, 1.54) is 12.1 Å². The molecule has 0 saturated heterocycles. The second-order valence-electron chi connectivity index (χ2n) is 2.27. The highest BCUT2D eigenvalue weighted by Crippen LogP contribution is 2.17. The average Bonchev–Trinajstić information content (AvgIpc) is 1.95. The lowest BCUT2D eigenvalue weighted by molar-refractivity contribution is 0.625. The van der Waals surface area contributed by atoms with Gasteiger partial charge in [0.25, 0.3) is 0 Å². The second-order valence-corrected chi connectivity index (χ2v) is 3.12. The first-order chi connectivity index (χ1) is 5.24. The van der Waals surface area contributed by atoms with Gasteiger partial charge in [-0.3, -0.25) is 0 Å². The first kappa shape index (κ1) is 11.9. The Morgan fingerprint density at radius 2 is 2.17 bits per heavy atom. The quantitative estimate of drug-likeness (QED) is 0.856. The predicted molar refractivity (Wildman–Crippen MR) is 54.1 cm³/mol. The zero-order valence-corrected chi connectivity index (χ0v) is 9.01. The van der Waals surface area contributed by atoms with Crippen LogP contribution in [0.15, 0.2) is 22.7 Å². The third kappa shape index (κ3) is 3.09. The largest absolute Gasteiger partial charge is 0.316 e. The smallest absolute Gasteiger partial charge is 0.124 e. The summed E-state index contributed by atoms with van der Waals surface area (Å²) in [4.78, 5) is 0. The molecule has 0 radical (unpaired) electrons. The molecule has 0 fully saturated rings. The van der Waals surface area contributed by atoms with Crippen molar-refractivity contribution in [2.24, 2.45) is 0 Å². The highest BCUT2D eigenvalue weighted by atomic mass is 79.9. The lowest BCUT2D eigenvalue weighted by Gasteiger charge is -2.02. The van der Waals surface area contributed by atoms with E-state index in [1.807, 2.05) is 7.05 Å². The molecule has 0 atom stereocenters. The van der Waals surface area contributed by atoms with Gasteiger partial charge in [-0.15, -0.1) is 12.4 Å². The van der Waals surface area contributed by atoms with Crippen molar-refractivity contribution in [2.45, 2.75) is 6.54 Å².